The van der Waals surface area contributed by atoms with Gasteiger partial charge < -0.3 is 15.5 Å². The highest BCUT2D eigenvalue weighted by Crippen LogP contribution is 2.32. The van der Waals surface area contributed by atoms with Gasteiger partial charge in [-0.05, 0) is 37.8 Å². The summed E-state index contributed by atoms with van der Waals surface area (Å²) in [5, 5.41) is 7.63. The van der Waals surface area contributed by atoms with Gasteiger partial charge in [0.1, 0.15) is 5.82 Å². The van der Waals surface area contributed by atoms with Crippen LogP contribution in [0.1, 0.15) is 32.6 Å². The molecule has 6 heteroatoms. The lowest BCUT2D eigenvalue weighted by Gasteiger charge is -2.20. The van der Waals surface area contributed by atoms with Crippen LogP contribution in [-0.4, -0.2) is 43.2 Å². The molecular formula is C17H26ClN5. The smallest absolute Gasteiger partial charge is 0.191 e. The van der Waals surface area contributed by atoms with Crippen molar-refractivity contribution in [2.24, 2.45) is 10.9 Å². The van der Waals surface area contributed by atoms with Crippen molar-refractivity contribution in [3.63, 3.8) is 0 Å². The zero-order valence-electron chi connectivity index (χ0n) is 13.8. The van der Waals surface area contributed by atoms with Gasteiger partial charge in [-0.2, -0.15) is 0 Å². The van der Waals surface area contributed by atoms with Crippen molar-refractivity contribution in [2.75, 3.05) is 31.1 Å². The number of nitrogens with one attached hydrogen (secondary N) is 2. The molecule has 1 aromatic rings. The number of halogens is 1. The Morgan fingerprint density at radius 1 is 1.43 bits per heavy atom. The van der Waals surface area contributed by atoms with Crippen LogP contribution >= 0.6 is 11.6 Å². The predicted molar refractivity (Wildman–Crippen MR) is 96.3 cm³/mol. The standard InChI is InChI=1S/C17H26ClN5/c1-2-19-17(21-10-7-13-5-6-13)22-14-8-11-23(12-14)16-15(18)4-3-9-20-16/h3-4,9,13-14H,2,5-8,10-12H2,1H3,(H2,19,21,22). The molecule has 2 fully saturated rings. The number of rotatable bonds is 6. The molecular weight excluding hydrogens is 310 g/mol. The van der Waals surface area contributed by atoms with Crippen molar-refractivity contribution < 1.29 is 0 Å². The summed E-state index contributed by atoms with van der Waals surface area (Å²) in [6.07, 6.45) is 6.87. The number of nitrogens with zero attached hydrogens (tertiary/aromatic N) is 3. The molecule has 3 rings (SSSR count). The summed E-state index contributed by atoms with van der Waals surface area (Å²) in [7, 11) is 0. The number of hydrogen-bond donors (Lipinski definition) is 2. The van der Waals surface area contributed by atoms with Crippen LogP contribution in [0.4, 0.5) is 5.82 Å². The Labute approximate surface area is 143 Å². The van der Waals surface area contributed by atoms with E-state index in [0.717, 1.165) is 55.3 Å². The number of pyridine rings is 1. The van der Waals surface area contributed by atoms with E-state index < -0.39 is 0 Å². The summed E-state index contributed by atoms with van der Waals surface area (Å²) < 4.78 is 0. The van der Waals surface area contributed by atoms with Crippen LogP contribution in [0, 0.1) is 5.92 Å². The fraction of sp³-hybridized carbons (Fsp3) is 0.647. The van der Waals surface area contributed by atoms with Crippen LogP contribution in [0.25, 0.3) is 0 Å². The molecule has 0 spiro atoms. The maximum atomic E-state index is 6.25. The fourth-order valence-electron chi connectivity index (χ4n) is 2.96. The molecule has 23 heavy (non-hydrogen) atoms. The van der Waals surface area contributed by atoms with Gasteiger partial charge in [0.15, 0.2) is 5.96 Å². The summed E-state index contributed by atoms with van der Waals surface area (Å²) in [5.74, 6) is 2.75. The van der Waals surface area contributed by atoms with Gasteiger partial charge in [0.05, 0.1) is 5.02 Å². The lowest BCUT2D eigenvalue weighted by Crippen LogP contribution is -2.44. The van der Waals surface area contributed by atoms with Crippen LogP contribution in [0.3, 0.4) is 0 Å². The molecule has 0 aromatic carbocycles. The molecule has 0 amide bonds. The number of anilines is 1. The molecule has 2 aliphatic rings. The van der Waals surface area contributed by atoms with E-state index in [0.29, 0.717) is 6.04 Å². The average Bonchev–Trinajstić information content (AvgIpc) is 3.25. The van der Waals surface area contributed by atoms with Crippen molar-refractivity contribution in [3.05, 3.63) is 23.4 Å². The number of hydrogen-bond acceptors (Lipinski definition) is 3. The van der Waals surface area contributed by atoms with E-state index in [1.54, 1.807) is 6.20 Å². The summed E-state index contributed by atoms with van der Waals surface area (Å²) in [5.41, 5.74) is 0. The third-order valence-corrected chi connectivity index (χ3v) is 4.71. The molecule has 1 aliphatic heterocycles. The number of aliphatic imine (C=N–C) groups is 1. The number of aromatic nitrogens is 1. The van der Waals surface area contributed by atoms with Crippen LogP contribution in [0.2, 0.25) is 5.02 Å². The zero-order chi connectivity index (χ0) is 16.1. The van der Waals surface area contributed by atoms with Crippen LogP contribution < -0.4 is 15.5 Å². The monoisotopic (exact) mass is 335 g/mol. The SMILES string of the molecule is CCNC(=NCCC1CC1)NC1CCN(c2ncccc2Cl)C1. The van der Waals surface area contributed by atoms with Gasteiger partial charge in [-0.3, -0.25) is 4.99 Å². The topological polar surface area (TPSA) is 52.6 Å². The molecule has 0 bridgehead atoms. The predicted octanol–water partition coefficient (Wildman–Crippen LogP) is 2.67. The Balaban J connectivity index is 1.53. The van der Waals surface area contributed by atoms with E-state index in [1.165, 1.54) is 19.3 Å². The molecule has 1 unspecified atom stereocenters. The normalized spacial score (nSPS) is 21.6. The first-order valence-corrected chi connectivity index (χ1v) is 9.04. The minimum atomic E-state index is 0.381. The highest BCUT2D eigenvalue weighted by atomic mass is 35.5. The minimum absolute atomic E-state index is 0.381. The maximum Gasteiger partial charge on any atom is 0.191 e. The molecule has 0 radical (unpaired) electrons. The van der Waals surface area contributed by atoms with E-state index in [9.17, 15) is 0 Å². The highest BCUT2D eigenvalue weighted by Gasteiger charge is 2.25. The minimum Gasteiger partial charge on any atom is -0.357 e. The van der Waals surface area contributed by atoms with Crippen LogP contribution in [-0.2, 0) is 0 Å². The first-order valence-electron chi connectivity index (χ1n) is 8.66. The Morgan fingerprint density at radius 3 is 3.04 bits per heavy atom. The Hall–Kier alpha value is -1.49. The summed E-state index contributed by atoms with van der Waals surface area (Å²) in [6.45, 7) is 5.78. The zero-order valence-corrected chi connectivity index (χ0v) is 14.5. The molecule has 5 nitrogen and oxygen atoms in total. The van der Waals surface area contributed by atoms with Crippen molar-refractivity contribution in [1.29, 1.82) is 0 Å². The van der Waals surface area contributed by atoms with Crippen molar-refractivity contribution in [1.82, 2.24) is 15.6 Å². The molecule has 2 heterocycles. The molecule has 2 N–H and O–H groups in total. The largest absolute Gasteiger partial charge is 0.357 e. The Bertz CT molecular complexity index is 544. The second-order valence-corrected chi connectivity index (χ2v) is 6.78. The Morgan fingerprint density at radius 2 is 2.30 bits per heavy atom. The quantitative estimate of drug-likeness (QED) is 0.620. The van der Waals surface area contributed by atoms with Gasteiger partial charge in [-0.25, -0.2) is 4.98 Å². The maximum absolute atomic E-state index is 6.25. The highest BCUT2D eigenvalue weighted by molar-refractivity contribution is 6.32. The van der Waals surface area contributed by atoms with Gasteiger partial charge in [0, 0.05) is 38.4 Å². The summed E-state index contributed by atoms with van der Waals surface area (Å²) >= 11 is 6.25. The van der Waals surface area contributed by atoms with Crippen LogP contribution in [0.5, 0.6) is 0 Å². The van der Waals surface area contributed by atoms with Gasteiger partial charge in [0.2, 0.25) is 0 Å². The van der Waals surface area contributed by atoms with E-state index >= 15 is 0 Å². The Kier molecular flexibility index (Phi) is 5.60. The van der Waals surface area contributed by atoms with E-state index in [1.807, 2.05) is 12.1 Å². The molecule has 1 atom stereocenters. The molecule has 126 valence electrons. The molecule has 1 aliphatic carbocycles. The van der Waals surface area contributed by atoms with Crippen molar-refractivity contribution in [2.45, 2.75) is 38.6 Å². The molecule has 1 saturated heterocycles. The third-order valence-electron chi connectivity index (χ3n) is 4.42. The first-order chi connectivity index (χ1) is 11.3. The van der Waals surface area contributed by atoms with E-state index in [-0.39, 0.29) is 0 Å². The van der Waals surface area contributed by atoms with E-state index in [2.05, 4.69) is 27.4 Å². The van der Waals surface area contributed by atoms with Gasteiger partial charge in [0.25, 0.3) is 0 Å². The van der Waals surface area contributed by atoms with Gasteiger partial charge in [-0.1, -0.05) is 24.4 Å². The lowest BCUT2D eigenvalue weighted by atomic mass is 10.3. The average molecular weight is 336 g/mol. The summed E-state index contributed by atoms with van der Waals surface area (Å²) in [6, 6.07) is 4.15. The molecule has 1 aromatic heterocycles. The fourth-order valence-corrected chi connectivity index (χ4v) is 3.20. The van der Waals surface area contributed by atoms with Gasteiger partial charge in [-0.15, -0.1) is 0 Å². The third kappa shape index (κ3) is 4.74. The molecule has 1 saturated carbocycles. The summed E-state index contributed by atoms with van der Waals surface area (Å²) in [4.78, 5) is 11.4. The van der Waals surface area contributed by atoms with E-state index in [4.69, 9.17) is 16.6 Å². The first kappa shape index (κ1) is 16.4. The second-order valence-electron chi connectivity index (χ2n) is 6.38. The van der Waals surface area contributed by atoms with Gasteiger partial charge >= 0.3 is 0 Å². The van der Waals surface area contributed by atoms with Crippen molar-refractivity contribution in [3.8, 4) is 0 Å². The lowest BCUT2D eigenvalue weighted by molar-refractivity contribution is 0.644. The second kappa shape index (κ2) is 7.86. The van der Waals surface area contributed by atoms with Crippen molar-refractivity contribution >= 4 is 23.4 Å². The van der Waals surface area contributed by atoms with Crippen LogP contribution in [0.15, 0.2) is 23.3 Å². The number of guanidine groups is 1.